The van der Waals surface area contributed by atoms with Gasteiger partial charge in [0.25, 0.3) is 17.7 Å². The number of ether oxygens (including phenoxy) is 3. The number of rotatable bonds is 12. The molecule has 2 aliphatic heterocycles. The Morgan fingerprint density at radius 2 is 1.35 bits per heavy atom. The fourth-order valence-corrected chi connectivity index (χ4v) is 7.33. The number of anilines is 4. The Balaban J connectivity index is 0.000000299. The van der Waals surface area contributed by atoms with E-state index in [1.807, 2.05) is 55.3 Å². The van der Waals surface area contributed by atoms with E-state index in [-0.39, 0.29) is 23.6 Å². The molecule has 2 aliphatic rings. The van der Waals surface area contributed by atoms with Crippen molar-refractivity contribution in [1.29, 1.82) is 0 Å². The number of aryl methyl sites for hydroxylation is 3. The summed E-state index contributed by atoms with van der Waals surface area (Å²) in [5.74, 6) is -0.416. The van der Waals surface area contributed by atoms with E-state index in [4.69, 9.17) is 14.2 Å². The van der Waals surface area contributed by atoms with Gasteiger partial charge in [0.15, 0.2) is 0 Å². The minimum absolute atomic E-state index is 0.138. The maximum absolute atomic E-state index is 13.0. The van der Waals surface area contributed by atoms with Gasteiger partial charge in [-0.2, -0.15) is 0 Å². The fourth-order valence-electron chi connectivity index (χ4n) is 7.33. The van der Waals surface area contributed by atoms with E-state index < -0.39 is 5.97 Å². The number of methoxy groups -OCH3 is 3. The molecular formula is C46H58N8O8. The maximum atomic E-state index is 13.0. The number of nitrogens with zero attached hydrogens (tertiary/aromatic N) is 4. The number of benzene rings is 2. The van der Waals surface area contributed by atoms with E-state index in [1.165, 1.54) is 13.5 Å². The van der Waals surface area contributed by atoms with Crippen molar-refractivity contribution in [2.45, 2.75) is 52.0 Å². The molecule has 1 fully saturated rings. The predicted molar refractivity (Wildman–Crippen MR) is 240 cm³/mol. The van der Waals surface area contributed by atoms with Crippen molar-refractivity contribution in [2.75, 3.05) is 62.3 Å². The second-order valence-electron chi connectivity index (χ2n) is 14.7. The first-order chi connectivity index (χ1) is 29.9. The van der Waals surface area contributed by atoms with Crippen LogP contribution in [0.5, 0.6) is 5.75 Å². The smallest absolute Gasteiger partial charge is 0.354 e. The number of aromatic nitrogens is 3. The van der Waals surface area contributed by atoms with Crippen LogP contribution in [0.2, 0.25) is 0 Å². The van der Waals surface area contributed by atoms with Gasteiger partial charge in [0.1, 0.15) is 22.8 Å². The summed E-state index contributed by atoms with van der Waals surface area (Å²) in [6.07, 6.45) is 9.53. The van der Waals surface area contributed by atoms with Gasteiger partial charge in [-0.15, -0.1) is 0 Å². The van der Waals surface area contributed by atoms with Crippen molar-refractivity contribution in [3.63, 3.8) is 0 Å². The van der Waals surface area contributed by atoms with E-state index in [0.717, 1.165) is 54.1 Å². The summed E-state index contributed by atoms with van der Waals surface area (Å²) in [6, 6.07) is 18.2. The van der Waals surface area contributed by atoms with Gasteiger partial charge in [0.2, 0.25) is 5.91 Å². The van der Waals surface area contributed by atoms with Gasteiger partial charge >= 0.3 is 5.97 Å². The number of nitrogens with one attached hydrogen (secondary N) is 4. The Morgan fingerprint density at radius 3 is 2.03 bits per heavy atom. The molecule has 4 amide bonds. The molecule has 16 heteroatoms. The zero-order valence-electron chi connectivity index (χ0n) is 36.8. The van der Waals surface area contributed by atoms with Gasteiger partial charge in [0, 0.05) is 95.9 Å². The monoisotopic (exact) mass is 850 g/mol. The van der Waals surface area contributed by atoms with Gasteiger partial charge in [-0.05, 0) is 79.8 Å². The van der Waals surface area contributed by atoms with Crippen molar-refractivity contribution in [1.82, 2.24) is 18.6 Å². The van der Waals surface area contributed by atoms with Gasteiger partial charge in [-0.1, -0.05) is 26.0 Å². The van der Waals surface area contributed by atoms with Crippen LogP contribution in [0.15, 0.2) is 79.3 Å². The molecule has 2 aromatic carbocycles. The zero-order chi connectivity index (χ0) is 44.9. The highest BCUT2D eigenvalue weighted by Crippen LogP contribution is 2.30. The summed E-state index contributed by atoms with van der Waals surface area (Å²) < 4.78 is 19.9. The van der Waals surface area contributed by atoms with Crippen LogP contribution in [0.25, 0.3) is 11.1 Å². The molecule has 0 radical (unpaired) electrons. The first-order valence-corrected chi connectivity index (χ1v) is 20.7. The molecule has 3 aromatic heterocycles. The van der Waals surface area contributed by atoms with Gasteiger partial charge in [0.05, 0.1) is 31.2 Å². The number of hydrogen-bond donors (Lipinski definition) is 4. The number of hydrogen-bond acceptors (Lipinski definition) is 9. The zero-order valence-corrected chi connectivity index (χ0v) is 36.8. The third kappa shape index (κ3) is 11.3. The van der Waals surface area contributed by atoms with E-state index in [9.17, 15) is 24.0 Å². The molecule has 0 unspecified atom stereocenters. The van der Waals surface area contributed by atoms with Crippen LogP contribution in [0.1, 0.15) is 87.8 Å². The number of carbonyl (C=O) groups is 5. The normalized spacial score (nSPS) is 14.0. The average Bonchev–Trinajstić information content (AvgIpc) is 3.95. The van der Waals surface area contributed by atoms with Crippen LogP contribution in [0, 0.1) is 0 Å². The summed E-state index contributed by atoms with van der Waals surface area (Å²) >= 11 is 0. The van der Waals surface area contributed by atoms with Crippen LogP contribution >= 0.6 is 0 Å². The second-order valence-corrected chi connectivity index (χ2v) is 14.7. The van der Waals surface area contributed by atoms with Crippen molar-refractivity contribution in [3.8, 4) is 16.9 Å². The van der Waals surface area contributed by atoms with Crippen LogP contribution in [-0.2, 0) is 35.4 Å². The van der Waals surface area contributed by atoms with Gasteiger partial charge < -0.3 is 54.1 Å². The van der Waals surface area contributed by atoms with Crippen LogP contribution in [-0.4, -0.2) is 95.3 Å². The predicted octanol–water partition coefficient (Wildman–Crippen LogP) is 7.17. The molecule has 0 spiro atoms. The van der Waals surface area contributed by atoms with Gasteiger partial charge in [-0.25, -0.2) is 4.79 Å². The fraction of sp³-hybridized carbons (Fsp3) is 0.370. The SMILES string of the molecule is CC.COCCCC(=O)Nc1cc(C(=O)Nc2ccc(-c3cc(C(=O)Nc4cc(C(=O)OC)n(C)c4)n(C)c3)cc2)n(C)c1.COc1ccc2c(c1)C(=O)N1CCCC[C@H]1CN2. The lowest BCUT2D eigenvalue weighted by atomic mass is 10.0. The Bertz CT molecular complexity index is 2360. The summed E-state index contributed by atoms with van der Waals surface area (Å²) in [5.41, 5.74) is 6.08. The molecule has 0 bridgehead atoms. The second kappa shape index (κ2) is 21.6. The van der Waals surface area contributed by atoms with E-state index in [0.29, 0.717) is 59.6 Å². The lowest BCUT2D eigenvalue weighted by Gasteiger charge is -2.34. The minimum Gasteiger partial charge on any atom is -0.497 e. The summed E-state index contributed by atoms with van der Waals surface area (Å²) in [6.45, 7) is 6.23. The number of piperidine rings is 1. The minimum atomic E-state index is -0.495. The molecule has 1 saturated heterocycles. The van der Waals surface area contributed by atoms with Crippen molar-refractivity contribution in [3.05, 3.63) is 102 Å². The Hall–Kier alpha value is -6.81. The summed E-state index contributed by atoms with van der Waals surface area (Å²) in [4.78, 5) is 64.4. The quantitative estimate of drug-likeness (QED) is 0.0749. The lowest BCUT2D eigenvalue weighted by molar-refractivity contribution is -0.116. The van der Waals surface area contributed by atoms with Crippen LogP contribution in [0.3, 0.4) is 0 Å². The molecular weight excluding hydrogens is 793 g/mol. The molecule has 5 aromatic rings. The maximum Gasteiger partial charge on any atom is 0.354 e. The number of amides is 4. The standard InChI is InChI=1S/C30H34N6O6.C14H18N2O2.C2H6/c1-34-16-20(13-24(34)28(38)33-23-15-26(30(40)42-5)36(3)18-23)19-8-10-21(11-9-19)32-29(39)25-14-22(17-35(25)2)31-27(37)7-6-12-41-4;1-18-11-5-6-13-12(8-11)14(17)16-7-3-2-4-10(16)9-15-13;1-2/h8-11,13-18H,6-7,12H2,1-5H3,(H,31,37)(H,32,39)(H,33,38);5-6,8,10,15H,2-4,7,9H2,1H3;1-2H3/t;10-;/m.0./s1. The van der Waals surface area contributed by atoms with Crippen molar-refractivity contribution >= 4 is 52.3 Å². The van der Waals surface area contributed by atoms with E-state index in [1.54, 1.807) is 91.8 Å². The molecule has 5 heterocycles. The first kappa shape index (κ1) is 46.3. The highest BCUT2D eigenvalue weighted by atomic mass is 16.5. The Kier molecular flexibility index (Phi) is 16.1. The topological polar surface area (TPSA) is 179 Å². The highest BCUT2D eigenvalue weighted by Gasteiger charge is 2.31. The molecule has 7 rings (SSSR count). The number of carbonyl (C=O) groups excluding carboxylic acids is 5. The molecule has 4 N–H and O–H groups in total. The molecule has 0 aliphatic carbocycles. The molecule has 1 atom stereocenters. The molecule has 62 heavy (non-hydrogen) atoms. The Morgan fingerprint density at radius 1 is 0.726 bits per heavy atom. The largest absolute Gasteiger partial charge is 0.497 e. The average molecular weight is 851 g/mol. The van der Waals surface area contributed by atoms with E-state index >= 15 is 0 Å². The van der Waals surface area contributed by atoms with E-state index in [2.05, 4.69) is 21.3 Å². The van der Waals surface area contributed by atoms with Gasteiger partial charge in [-0.3, -0.25) is 19.2 Å². The third-order valence-electron chi connectivity index (χ3n) is 10.5. The van der Waals surface area contributed by atoms with Crippen molar-refractivity contribution in [2.24, 2.45) is 21.1 Å². The highest BCUT2D eigenvalue weighted by molar-refractivity contribution is 6.06. The molecule has 16 nitrogen and oxygen atoms in total. The number of fused-ring (bicyclic) bond motifs is 2. The van der Waals surface area contributed by atoms with Crippen molar-refractivity contribution < 1.29 is 38.2 Å². The Labute approximate surface area is 362 Å². The third-order valence-corrected chi connectivity index (χ3v) is 10.5. The van der Waals surface area contributed by atoms with Crippen LogP contribution in [0.4, 0.5) is 22.7 Å². The lowest BCUT2D eigenvalue weighted by Crippen LogP contribution is -2.45. The van der Waals surface area contributed by atoms with Crippen LogP contribution < -0.4 is 26.0 Å². The summed E-state index contributed by atoms with van der Waals surface area (Å²) in [7, 11) is 9.71. The first-order valence-electron chi connectivity index (χ1n) is 20.7. The number of esters is 1. The molecule has 330 valence electrons. The molecule has 0 saturated carbocycles. The summed E-state index contributed by atoms with van der Waals surface area (Å²) in [5, 5.41) is 11.9.